The van der Waals surface area contributed by atoms with Crippen LogP contribution >= 0.6 is 0 Å². The number of aromatic hydroxyl groups is 2. The van der Waals surface area contributed by atoms with Crippen LogP contribution in [0.1, 0.15) is 10.4 Å². The molecule has 0 spiro atoms. The highest BCUT2D eigenvalue weighted by Crippen LogP contribution is 2.22. The molecule has 1 amide bonds. The van der Waals surface area contributed by atoms with Crippen molar-refractivity contribution in [3.63, 3.8) is 0 Å². The van der Waals surface area contributed by atoms with Crippen molar-refractivity contribution < 1.29 is 19.7 Å². The summed E-state index contributed by atoms with van der Waals surface area (Å²) in [5.41, 5.74) is 0.113. The van der Waals surface area contributed by atoms with Crippen LogP contribution in [0.4, 0.5) is 0 Å². The second kappa shape index (κ2) is 6.47. The van der Waals surface area contributed by atoms with Gasteiger partial charge in [-0.05, 0) is 24.3 Å². The van der Waals surface area contributed by atoms with Crippen molar-refractivity contribution >= 4 is 5.91 Å². The van der Waals surface area contributed by atoms with Crippen LogP contribution in [0.25, 0.3) is 0 Å². The molecule has 2 aromatic carbocycles. The molecular formula is C15H15NO4. The molecule has 0 saturated heterocycles. The number of benzene rings is 2. The van der Waals surface area contributed by atoms with Crippen molar-refractivity contribution in [3.05, 3.63) is 54.1 Å². The summed E-state index contributed by atoms with van der Waals surface area (Å²) in [5.74, 6) is -0.0358. The van der Waals surface area contributed by atoms with Crippen LogP contribution in [0, 0.1) is 0 Å². The van der Waals surface area contributed by atoms with E-state index >= 15 is 0 Å². The fourth-order valence-electron chi connectivity index (χ4n) is 1.66. The van der Waals surface area contributed by atoms with Gasteiger partial charge in [0.25, 0.3) is 5.91 Å². The Kier molecular flexibility index (Phi) is 4.44. The Morgan fingerprint density at radius 2 is 1.85 bits per heavy atom. The molecule has 0 heterocycles. The van der Waals surface area contributed by atoms with Crippen LogP contribution in [-0.2, 0) is 0 Å². The van der Waals surface area contributed by atoms with Gasteiger partial charge in [-0.3, -0.25) is 4.79 Å². The van der Waals surface area contributed by atoms with Crippen molar-refractivity contribution in [2.75, 3.05) is 13.2 Å². The zero-order valence-electron chi connectivity index (χ0n) is 10.7. The predicted octanol–water partition coefficient (Wildman–Crippen LogP) is 1.91. The maximum atomic E-state index is 11.8. The van der Waals surface area contributed by atoms with Gasteiger partial charge in [0.1, 0.15) is 23.9 Å². The Morgan fingerprint density at radius 3 is 2.55 bits per heavy atom. The van der Waals surface area contributed by atoms with Gasteiger partial charge >= 0.3 is 0 Å². The summed E-state index contributed by atoms with van der Waals surface area (Å²) >= 11 is 0. The summed E-state index contributed by atoms with van der Waals surface area (Å²) in [6.07, 6.45) is 0. The number of hydrogen-bond acceptors (Lipinski definition) is 4. The Morgan fingerprint density at radius 1 is 1.10 bits per heavy atom. The molecule has 0 saturated carbocycles. The number of hydrogen-bond donors (Lipinski definition) is 3. The van der Waals surface area contributed by atoms with E-state index < -0.39 is 5.91 Å². The number of para-hydroxylation sites is 1. The summed E-state index contributed by atoms with van der Waals surface area (Å²) < 4.78 is 5.42. The molecule has 0 aliphatic rings. The zero-order chi connectivity index (χ0) is 14.4. The molecule has 0 unspecified atom stereocenters. The van der Waals surface area contributed by atoms with E-state index in [9.17, 15) is 9.90 Å². The quantitative estimate of drug-likeness (QED) is 0.727. The molecule has 0 fully saturated rings. The molecule has 5 heteroatoms. The highest BCUT2D eigenvalue weighted by Gasteiger charge is 2.10. The summed E-state index contributed by atoms with van der Waals surface area (Å²) in [5, 5.41) is 21.3. The van der Waals surface area contributed by atoms with Gasteiger partial charge < -0.3 is 20.3 Å². The van der Waals surface area contributed by atoms with Gasteiger partial charge in [0.15, 0.2) is 0 Å². The van der Waals surface area contributed by atoms with Crippen molar-refractivity contribution in [1.82, 2.24) is 5.32 Å². The van der Waals surface area contributed by atoms with Crippen molar-refractivity contribution in [2.24, 2.45) is 0 Å². The number of ether oxygens (including phenoxy) is 1. The number of carbonyl (C=O) groups is 1. The molecule has 20 heavy (non-hydrogen) atoms. The molecule has 104 valence electrons. The lowest BCUT2D eigenvalue weighted by atomic mass is 10.2. The summed E-state index contributed by atoms with van der Waals surface area (Å²) in [4.78, 5) is 11.8. The van der Waals surface area contributed by atoms with Crippen molar-refractivity contribution in [3.8, 4) is 17.2 Å². The summed E-state index contributed by atoms with van der Waals surface area (Å²) in [6.45, 7) is 0.642. The van der Waals surface area contributed by atoms with E-state index in [2.05, 4.69) is 5.32 Å². The lowest BCUT2D eigenvalue weighted by Gasteiger charge is -2.08. The Hall–Kier alpha value is -2.69. The highest BCUT2D eigenvalue weighted by atomic mass is 16.5. The standard InChI is InChI=1S/C15H15NO4/c17-11-6-7-13(14(18)10-11)15(19)16-8-9-20-12-4-2-1-3-5-12/h1-7,10,17-18H,8-9H2,(H,16,19). The largest absolute Gasteiger partial charge is 0.508 e. The lowest BCUT2D eigenvalue weighted by Crippen LogP contribution is -2.28. The molecule has 3 N–H and O–H groups in total. The third-order valence-electron chi connectivity index (χ3n) is 2.63. The maximum Gasteiger partial charge on any atom is 0.255 e. The fourth-order valence-corrected chi connectivity index (χ4v) is 1.66. The second-order valence-electron chi connectivity index (χ2n) is 4.12. The minimum Gasteiger partial charge on any atom is -0.508 e. The number of rotatable bonds is 5. The first-order chi connectivity index (χ1) is 9.66. The SMILES string of the molecule is O=C(NCCOc1ccccc1)c1ccc(O)cc1O. The van der Waals surface area contributed by atoms with Crippen LogP contribution < -0.4 is 10.1 Å². The molecule has 0 atom stereocenters. The minimum absolute atomic E-state index is 0.0912. The first-order valence-electron chi connectivity index (χ1n) is 6.15. The summed E-state index contributed by atoms with van der Waals surface area (Å²) in [7, 11) is 0. The monoisotopic (exact) mass is 273 g/mol. The Bertz CT molecular complexity index is 584. The molecule has 2 rings (SSSR count). The predicted molar refractivity (Wildman–Crippen MR) is 74.0 cm³/mol. The van der Waals surface area contributed by atoms with Gasteiger partial charge in [-0.2, -0.15) is 0 Å². The van der Waals surface area contributed by atoms with Gasteiger partial charge in [0.2, 0.25) is 0 Å². The van der Waals surface area contributed by atoms with Crippen molar-refractivity contribution in [1.29, 1.82) is 0 Å². The average molecular weight is 273 g/mol. The maximum absolute atomic E-state index is 11.8. The summed E-state index contributed by atoms with van der Waals surface area (Å²) in [6, 6.07) is 13.1. The smallest absolute Gasteiger partial charge is 0.255 e. The molecule has 0 aromatic heterocycles. The molecule has 0 aliphatic heterocycles. The molecular weight excluding hydrogens is 258 g/mol. The molecule has 0 bridgehead atoms. The second-order valence-corrected chi connectivity index (χ2v) is 4.12. The fraction of sp³-hybridized carbons (Fsp3) is 0.133. The van der Waals surface area contributed by atoms with Gasteiger partial charge in [-0.15, -0.1) is 0 Å². The third kappa shape index (κ3) is 3.65. The molecule has 0 aliphatic carbocycles. The van der Waals surface area contributed by atoms with E-state index in [-0.39, 0.29) is 17.1 Å². The zero-order valence-corrected chi connectivity index (χ0v) is 10.7. The van der Waals surface area contributed by atoms with Crippen LogP contribution in [0.5, 0.6) is 17.2 Å². The van der Waals surface area contributed by atoms with Gasteiger partial charge in [0, 0.05) is 6.07 Å². The first kappa shape index (κ1) is 13.7. The number of carbonyl (C=O) groups excluding carboxylic acids is 1. The van der Waals surface area contributed by atoms with Crippen LogP contribution in [0.2, 0.25) is 0 Å². The van der Waals surface area contributed by atoms with E-state index in [0.717, 1.165) is 11.8 Å². The first-order valence-corrected chi connectivity index (χ1v) is 6.15. The van der Waals surface area contributed by atoms with Crippen LogP contribution in [0.15, 0.2) is 48.5 Å². The van der Waals surface area contributed by atoms with Crippen LogP contribution in [-0.4, -0.2) is 29.3 Å². The van der Waals surface area contributed by atoms with Crippen LogP contribution in [0.3, 0.4) is 0 Å². The lowest BCUT2D eigenvalue weighted by molar-refractivity contribution is 0.0944. The third-order valence-corrected chi connectivity index (χ3v) is 2.63. The molecule has 2 aromatic rings. The van der Waals surface area contributed by atoms with E-state index in [1.165, 1.54) is 12.1 Å². The number of phenols is 2. The van der Waals surface area contributed by atoms with Gasteiger partial charge in [-0.1, -0.05) is 18.2 Å². The topological polar surface area (TPSA) is 78.8 Å². The number of amides is 1. The minimum atomic E-state index is -0.417. The van der Waals surface area contributed by atoms with Crippen molar-refractivity contribution in [2.45, 2.75) is 0 Å². The van der Waals surface area contributed by atoms with Gasteiger partial charge in [0.05, 0.1) is 12.1 Å². The number of nitrogens with one attached hydrogen (secondary N) is 1. The molecule has 0 radical (unpaired) electrons. The average Bonchev–Trinajstić information content (AvgIpc) is 2.44. The normalized spacial score (nSPS) is 10.0. The highest BCUT2D eigenvalue weighted by molar-refractivity contribution is 5.96. The Labute approximate surface area is 116 Å². The van der Waals surface area contributed by atoms with Gasteiger partial charge in [-0.25, -0.2) is 0 Å². The molecule has 5 nitrogen and oxygen atoms in total. The van der Waals surface area contributed by atoms with E-state index in [1.807, 2.05) is 30.3 Å². The van der Waals surface area contributed by atoms with E-state index in [0.29, 0.717) is 13.2 Å². The Balaban J connectivity index is 1.80. The van der Waals surface area contributed by atoms with E-state index in [4.69, 9.17) is 9.84 Å². The van der Waals surface area contributed by atoms with E-state index in [1.54, 1.807) is 0 Å². The number of phenolic OH excluding ortho intramolecular Hbond substituents is 2.